The summed E-state index contributed by atoms with van der Waals surface area (Å²) < 4.78 is 0. The number of piperazine rings is 1. The maximum absolute atomic E-state index is 12.5. The molecule has 2 amide bonds. The molecular formula is C19H23N5O2. The molecular weight excluding hydrogens is 330 g/mol. The third kappa shape index (κ3) is 4.17. The molecule has 1 N–H and O–H groups in total. The lowest BCUT2D eigenvalue weighted by molar-refractivity contribution is -0.129. The fourth-order valence-corrected chi connectivity index (χ4v) is 3.09. The number of hydrogen-bond acceptors (Lipinski definition) is 5. The van der Waals surface area contributed by atoms with Crippen LogP contribution in [-0.4, -0.2) is 52.9 Å². The molecule has 26 heavy (non-hydrogen) atoms. The zero-order valence-electron chi connectivity index (χ0n) is 15.3. The summed E-state index contributed by atoms with van der Waals surface area (Å²) >= 11 is 0. The van der Waals surface area contributed by atoms with E-state index < -0.39 is 0 Å². The van der Waals surface area contributed by atoms with E-state index in [9.17, 15) is 9.59 Å². The number of rotatable bonds is 3. The van der Waals surface area contributed by atoms with Crippen molar-refractivity contribution in [2.45, 2.75) is 20.8 Å². The first kappa shape index (κ1) is 17.8. The Labute approximate surface area is 153 Å². The van der Waals surface area contributed by atoms with Gasteiger partial charge in [0, 0.05) is 45.0 Å². The van der Waals surface area contributed by atoms with E-state index in [1.165, 1.54) is 0 Å². The number of anilines is 2. The maximum Gasteiger partial charge on any atom is 0.274 e. The highest BCUT2D eigenvalue weighted by Gasteiger charge is 2.21. The Kier molecular flexibility index (Phi) is 5.16. The number of carbonyl (C=O) groups excluding carboxylic acids is 2. The van der Waals surface area contributed by atoms with Gasteiger partial charge in [0.1, 0.15) is 5.69 Å². The topological polar surface area (TPSA) is 78.4 Å². The molecule has 1 aliphatic rings. The standard InChI is InChI=1S/C19H23N5O2/c1-13-10-14(2)12-16(11-13)21-18(26)17-4-5-20-19(22-17)24-8-6-23(7-9-24)15(3)25/h4-5,10-12H,6-9H2,1-3H3,(H,21,26). The number of carbonyl (C=O) groups is 2. The third-order valence-corrected chi connectivity index (χ3v) is 4.36. The fraction of sp³-hybridized carbons (Fsp3) is 0.368. The predicted octanol–water partition coefficient (Wildman–Crippen LogP) is 2.01. The third-order valence-electron chi connectivity index (χ3n) is 4.36. The van der Waals surface area contributed by atoms with Crippen molar-refractivity contribution in [3.63, 3.8) is 0 Å². The molecule has 2 heterocycles. The normalized spacial score (nSPS) is 14.3. The Morgan fingerprint density at radius 1 is 1.04 bits per heavy atom. The summed E-state index contributed by atoms with van der Waals surface area (Å²) in [4.78, 5) is 36.5. The average Bonchev–Trinajstić information content (AvgIpc) is 2.61. The molecule has 0 saturated carbocycles. The van der Waals surface area contributed by atoms with Crippen molar-refractivity contribution in [2.75, 3.05) is 36.4 Å². The highest BCUT2D eigenvalue weighted by molar-refractivity contribution is 6.03. The highest BCUT2D eigenvalue weighted by Crippen LogP contribution is 2.16. The summed E-state index contributed by atoms with van der Waals surface area (Å²) in [6.45, 7) is 8.14. The quantitative estimate of drug-likeness (QED) is 0.913. The molecule has 0 aliphatic carbocycles. The zero-order chi connectivity index (χ0) is 18.7. The van der Waals surface area contributed by atoms with Gasteiger partial charge >= 0.3 is 0 Å². The van der Waals surface area contributed by atoms with Gasteiger partial charge in [-0.1, -0.05) is 6.07 Å². The summed E-state index contributed by atoms with van der Waals surface area (Å²) in [6.07, 6.45) is 1.59. The van der Waals surface area contributed by atoms with Gasteiger partial charge < -0.3 is 15.1 Å². The molecule has 1 aromatic heterocycles. The minimum Gasteiger partial charge on any atom is -0.339 e. The van der Waals surface area contributed by atoms with Crippen LogP contribution in [-0.2, 0) is 4.79 Å². The van der Waals surface area contributed by atoms with E-state index in [2.05, 4.69) is 21.4 Å². The van der Waals surface area contributed by atoms with Crippen molar-refractivity contribution in [1.82, 2.24) is 14.9 Å². The Morgan fingerprint density at radius 3 is 2.31 bits per heavy atom. The van der Waals surface area contributed by atoms with Gasteiger partial charge in [0.25, 0.3) is 5.91 Å². The Bertz CT molecular complexity index is 808. The molecule has 0 radical (unpaired) electrons. The molecule has 1 saturated heterocycles. The van der Waals surface area contributed by atoms with Crippen LogP contribution < -0.4 is 10.2 Å². The molecule has 136 valence electrons. The number of hydrogen-bond donors (Lipinski definition) is 1. The predicted molar refractivity (Wildman–Crippen MR) is 100 cm³/mol. The molecule has 1 fully saturated rings. The van der Waals surface area contributed by atoms with Crippen LogP contribution in [0.15, 0.2) is 30.5 Å². The van der Waals surface area contributed by atoms with E-state index in [0.29, 0.717) is 37.8 Å². The van der Waals surface area contributed by atoms with Gasteiger partial charge in [0.15, 0.2) is 0 Å². The van der Waals surface area contributed by atoms with E-state index in [0.717, 1.165) is 16.8 Å². The molecule has 7 nitrogen and oxygen atoms in total. The first-order chi connectivity index (χ1) is 12.4. The molecule has 0 unspecified atom stereocenters. The molecule has 2 aromatic rings. The van der Waals surface area contributed by atoms with E-state index in [1.54, 1.807) is 24.1 Å². The molecule has 3 rings (SSSR count). The number of nitrogens with zero attached hydrogens (tertiary/aromatic N) is 4. The van der Waals surface area contributed by atoms with Crippen molar-refractivity contribution >= 4 is 23.5 Å². The molecule has 0 atom stereocenters. The second-order valence-corrected chi connectivity index (χ2v) is 6.57. The Hall–Kier alpha value is -2.96. The van der Waals surface area contributed by atoms with Crippen LogP contribution in [0.1, 0.15) is 28.5 Å². The summed E-state index contributed by atoms with van der Waals surface area (Å²) in [6, 6.07) is 7.51. The lowest BCUT2D eigenvalue weighted by Gasteiger charge is -2.34. The van der Waals surface area contributed by atoms with Crippen molar-refractivity contribution in [1.29, 1.82) is 0 Å². The number of benzene rings is 1. The highest BCUT2D eigenvalue weighted by atomic mass is 16.2. The largest absolute Gasteiger partial charge is 0.339 e. The van der Waals surface area contributed by atoms with Gasteiger partial charge in [-0.05, 0) is 43.2 Å². The van der Waals surface area contributed by atoms with Gasteiger partial charge in [-0.3, -0.25) is 9.59 Å². The van der Waals surface area contributed by atoms with E-state index in [-0.39, 0.29) is 11.8 Å². The van der Waals surface area contributed by atoms with Crippen LogP contribution in [0, 0.1) is 13.8 Å². The SMILES string of the molecule is CC(=O)N1CCN(c2nccc(C(=O)Nc3cc(C)cc(C)c3)n2)CC1. The monoisotopic (exact) mass is 353 g/mol. The maximum atomic E-state index is 12.5. The van der Waals surface area contributed by atoms with Crippen LogP contribution in [0.4, 0.5) is 11.6 Å². The molecule has 1 aromatic carbocycles. The van der Waals surface area contributed by atoms with Gasteiger partial charge in [-0.2, -0.15) is 0 Å². The van der Waals surface area contributed by atoms with Crippen molar-refractivity contribution in [2.24, 2.45) is 0 Å². The van der Waals surface area contributed by atoms with Crippen LogP contribution in [0.3, 0.4) is 0 Å². The lowest BCUT2D eigenvalue weighted by Crippen LogP contribution is -2.48. The summed E-state index contributed by atoms with van der Waals surface area (Å²) in [5.74, 6) is 0.328. The Balaban J connectivity index is 1.71. The van der Waals surface area contributed by atoms with Crippen LogP contribution >= 0.6 is 0 Å². The van der Waals surface area contributed by atoms with Gasteiger partial charge in [-0.15, -0.1) is 0 Å². The summed E-state index contributed by atoms with van der Waals surface area (Å²) in [5.41, 5.74) is 3.25. The second kappa shape index (κ2) is 7.51. The average molecular weight is 353 g/mol. The second-order valence-electron chi connectivity index (χ2n) is 6.57. The Morgan fingerprint density at radius 2 is 1.69 bits per heavy atom. The van der Waals surface area contributed by atoms with E-state index in [1.807, 2.05) is 30.9 Å². The molecule has 1 aliphatic heterocycles. The smallest absolute Gasteiger partial charge is 0.274 e. The number of nitrogens with one attached hydrogen (secondary N) is 1. The number of aryl methyl sites for hydroxylation is 2. The molecule has 7 heteroatoms. The first-order valence-electron chi connectivity index (χ1n) is 8.65. The minimum atomic E-state index is -0.263. The molecule has 0 bridgehead atoms. The van der Waals surface area contributed by atoms with Crippen LogP contribution in [0.5, 0.6) is 0 Å². The van der Waals surface area contributed by atoms with Gasteiger partial charge in [0.2, 0.25) is 11.9 Å². The molecule has 0 spiro atoms. The zero-order valence-corrected chi connectivity index (χ0v) is 15.3. The van der Waals surface area contributed by atoms with Crippen molar-refractivity contribution in [3.8, 4) is 0 Å². The summed E-state index contributed by atoms with van der Waals surface area (Å²) in [7, 11) is 0. The number of amides is 2. The minimum absolute atomic E-state index is 0.0761. The van der Waals surface area contributed by atoms with Crippen molar-refractivity contribution in [3.05, 3.63) is 47.3 Å². The lowest BCUT2D eigenvalue weighted by atomic mass is 10.1. The van der Waals surface area contributed by atoms with E-state index >= 15 is 0 Å². The van der Waals surface area contributed by atoms with Gasteiger partial charge in [-0.25, -0.2) is 9.97 Å². The first-order valence-corrected chi connectivity index (χ1v) is 8.65. The van der Waals surface area contributed by atoms with Crippen molar-refractivity contribution < 1.29 is 9.59 Å². The van der Waals surface area contributed by atoms with Crippen LogP contribution in [0.2, 0.25) is 0 Å². The fourth-order valence-electron chi connectivity index (χ4n) is 3.09. The number of aromatic nitrogens is 2. The van der Waals surface area contributed by atoms with Crippen LogP contribution in [0.25, 0.3) is 0 Å². The van der Waals surface area contributed by atoms with E-state index in [4.69, 9.17) is 0 Å². The summed E-state index contributed by atoms with van der Waals surface area (Å²) in [5, 5.41) is 2.89. The van der Waals surface area contributed by atoms with Gasteiger partial charge in [0.05, 0.1) is 0 Å².